The molecule has 1 heterocycles. The van der Waals surface area contributed by atoms with Crippen molar-refractivity contribution in [3.63, 3.8) is 0 Å². The van der Waals surface area contributed by atoms with Crippen molar-refractivity contribution in [1.29, 1.82) is 0 Å². The Balaban J connectivity index is 2.25. The van der Waals surface area contributed by atoms with Gasteiger partial charge < -0.3 is 10.9 Å². The lowest BCUT2D eigenvalue weighted by molar-refractivity contribution is 0.318. The Labute approximate surface area is 107 Å². The molecule has 0 amide bonds. The molecule has 0 spiro atoms. The fourth-order valence-corrected chi connectivity index (χ4v) is 2.87. The summed E-state index contributed by atoms with van der Waals surface area (Å²) >= 11 is 2.89. The highest BCUT2D eigenvalue weighted by Crippen LogP contribution is 2.29. The number of amidine groups is 1. The SMILES string of the molecule is Cc1cc(Sc2ncns2)ccc1/C(N)=N/O. The van der Waals surface area contributed by atoms with E-state index in [4.69, 9.17) is 10.9 Å². The Morgan fingerprint density at radius 1 is 1.53 bits per heavy atom. The van der Waals surface area contributed by atoms with E-state index in [1.807, 2.05) is 25.1 Å². The van der Waals surface area contributed by atoms with Crippen molar-refractivity contribution >= 4 is 29.1 Å². The van der Waals surface area contributed by atoms with Crippen molar-refractivity contribution in [2.24, 2.45) is 10.9 Å². The predicted octanol–water partition coefficient (Wildman–Crippen LogP) is 2.09. The second kappa shape index (κ2) is 5.15. The van der Waals surface area contributed by atoms with Crippen LogP contribution in [0.4, 0.5) is 0 Å². The van der Waals surface area contributed by atoms with Gasteiger partial charge in [-0.2, -0.15) is 4.37 Å². The monoisotopic (exact) mass is 266 g/mol. The van der Waals surface area contributed by atoms with Crippen molar-refractivity contribution < 1.29 is 5.21 Å². The summed E-state index contributed by atoms with van der Waals surface area (Å²) in [6.45, 7) is 1.91. The quantitative estimate of drug-likeness (QED) is 0.384. The van der Waals surface area contributed by atoms with E-state index in [1.54, 1.807) is 0 Å². The number of benzene rings is 1. The summed E-state index contributed by atoms with van der Waals surface area (Å²) in [6, 6.07) is 5.71. The molecule has 0 saturated carbocycles. The number of rotatable bonds is 3. The van der Waals surface area contributed by atoms with Gasteiger partial charge in [0.2, 0.25) is 0 Å². The third-order valence-electron chi connectivity index (χ3n) is 2.13. The van der Waals surface area contributed by atoms with E-state index in [1.165, 1.54) is 29.6 Å². The van der Waals surface area contributed by atoms with Gasteiger partial charge in [0, 0.05) is 10.5 Å². The molecule has 0 aliphatic rings. The summed E-state index contributed by atoms with van der Waals surface area (Å²) < 4.78 is 4.83. The van der Waals surface area contributed by atoms with E-state index >= 15 is 0 Å². The predicted molar refractivity (Wildman–Crippen MR) is 67.7 cm³/mol. The van der Waals surface area contributed by atoms with E-state index in [-0.39, 0.29) is 5.84 Å². The average molecular weight is 266 g/mol. The molecule has 0 radical (unpaired) electrons. The van der Waals surface area contributed by atoms with Crippen molar-refractivity contribution in [1.82, 2.24) is 9.36 Å². The van der Waals surface area contributed by atoms with Crippen LogP contribution in [0.1, 0.15) is 11.1 Å². The lowest BCUT2D eigenvalue weighted by Crippen LogP contribution is -2.14. The molecule has 0 aliphatic carbocycles. The van der Waals surface area contributed by atoms with Gasteiger partial charge in [-0.3, -0.25) is 0 Å². The molecule has 0 aliphatic heterocycles. The zero-order chi connectivity index (χ0) is 12.3. The van der Waals surface area contributed by atoms with Gasteiger partial charge in [-0.05, 0) is 42.2 Å². The molecule has 3 N–H and O–H groups in total. The molecule has 5 nitrogen and oxygen atoms in total. The van der Waals surface area contributed by atoms with Crippen molar-refractivity contribution in [2.45, 2.75) is 16.2 Å². The Kier molecular flexibility index (Phi) is 3.60. The number of aromatic nitrogens is 2. The Hall–Kier alpha value is -1.60. The van der Waals surface area contributed by atoms with Crippen LogP contribution in [-0.2, 0) is 0 Å². The maximum absolute atomic E-state index is 8.63. The molecule has 0 saturated heterocycles. The van der Waals surface area contributed by atoms with Gasteiger partial charge >= 0.3 is 0 Å². The molecule has 0 bridgehead atoms. The van der Waals surface area contributed by atoms with E-state index in [9.17, 15) is 0 Å². The van der Waals surface area contributed by atoms with E-state index in [0.717, 1.165) is 20.4 Å². The lowest BCUT2D eigenvalue weighted by Gasteiger charge is -2.05. The van der Waals surface area contributed by atoms with Crippen LogP contribution in [0.2, 0.25) is 0 Å². The number of nitrogens with two attached hydrogens (primary N) is 1. The zero-order valence-electron chi connectivity index (χ0n) is 8.99. The maximum Gasteiger partial charge on any atom is 0.174 e. The molecule has 0 fully saturated rings. The second-order valence-corrected chi connectivity index (χ2v) is 5.37. The standard InChI is InChI=1S/C10H10N4OS2/c1-6-4-7(16-10-12-5-13-17-10)2-3-8(6)9(11)14-15/h2-5,15H,1H3,(H2,11,14). The Morgan fingerprint density at radius 3 is 2.94 bits per heavy atom. The first-order valence-corrected chi connectivity index (χ1v) is 6.33. The van der Waals surface area contributed by atoms with Gasteiger partial charge in [0.25, 0.3) is 0 Å². The molecule has 7 heteroatoms. The normalized spacial score (nSPS) is 11.7. The molecular weight excluding hydrogens is 256 g/mol. The third kappa shape index (κ3) is 2.75. The molecular formula is C10H10N4OS2. The first-order chi connectivity index (χ1) is 8.20. The lowest BCUT2D eigenvalue weighted by atomic mass is 10.1. The van der Waals surface area contributed by atoms with Gasteiger partial charge in [-0.1, -0.05) is 16.9 Å². The minimum absolute atomic E-state index is 0.120. The number of oxime groups is 1. The average Bonchev–Trinajstić information content (AvgIpc) is 2.81. The first-order valence-electron chi connectivity index (χ1n) is 4.74. The third-order valence-corrected chi connectivity index (χ3v) is 3.83. The summed E-state index contributed by atoms with van der Waals surface area (Å²) in [4.78, 5) is 5.15. The maximum atomic E-state index is 8.63. The molecule has 0 atom stereocenters. The summed E-state index contributed by atoms with van der Waals surface area (Å²) in [6.07, 6.45) is 1.53. The van der Waals surface area contributed by atoms with Crippen LogP contribution in [-0.4, -0.2) is 20.4 Å². The highest BCUT2D eigenvalue weighted by molar-refractivity contribution is 8.01. The van der Waals surface area contributed by atoms with Crippen molar-refractivity contribution in [3.8, 4) is 0 Å². The van der Waals surface area contributed by atoms with E-state index in [2.05, 4.69) is 14.5 Å². The highest BCUT2D eigenvalue weighted by atomic mass is 32.2. The molecule has 2 aromatic rings. The molecule has 2 rings (SSSR count). The van der Waals surface area contributed by atoms with Crippen LogP contribution >= 0.6 is 23.3 Å². The van der Waals surface area contributed by atoms with E-state index < -0.39 is 0 Å². The number of nitrogens with zero attached hydrogens (tertiary/aromatic N) is 3. The van der Waals surface area contributed by atoms with Crippen LogP contribution < -0.4 is 5.73 Å². The summed E-state index contributed by atoms with van der Waals surface area (Å²) in [5, 5.41) is 11.6. The second-order valence-electron chi connectivity index (χ2n) is 3.27. The highest BCUT2D eigenvalue weighted by Gasteiger charge is 2.06. The van der Waals surface area contributed by atoms with Crippen LogP contribution in [0, 0.1) is 6.92 Å². The van der Waals surface area contributed by atoms with Gasteiger partial charge in [0.05, 0.1) is 0 Å². The van der Waals surface area contributed by atoms with Gasteiger partial charge in [-0.15, -0.1) is 0 Å². The largest absolute Gasteiger partial charge is 0.409 e. The zero-order valence-corrected chi connectivity index (χ0v) is 10.6. The summed E-state index contributed by atoms with van der Waals surface area (Å²) in [5.74, 6) is 0.120. The molecule has 1 aromatic carbocycles. The smallest absolute Gasteiger partial charge is 0.174 e. The number of aryl methyl sites for hydroxylation is 1. The topological polar surface area (TPSA) is 84.4 Å². The number of hydrogen-bond donors (Lipinski definition) is 2. The van der Waals surface area contributed by atoms with Crippen molar-refractivity contribution in [2.75, 3.05) is 0 Å². The van der Waals surface area contributed by atoms with Crippen LogP contribution in [0.15, 0.2) is 38.9 Å². The summed E-state index contributed by atoms with van der Waals surface area (Å²) in [7, 11) is 0. The fourth-order valence-electron chi connectivity index (χ4n) is 1.35. The van der Waals surface area contributed by atoms with Gasteiger partial charge in [-0.25, -0.2) is 4.98 Å². The van der Waals surface area contributed by atoms with Crippen molar-refractivity contribution in [3.05, 3.63) is 35.7 Å². The van der Waals surface area contributed by atoms with Gasteiger partial charge in [0.1, 0.15) is 6.33 Å². The molecule has 17 heavy (non-hydrogen) atoms. The molecule has 0 unspecified atom stereocenters. The van der Waals surface area contributed by atoms with E-state index in [0.29, 0.717) is 0 Å². The van der Waals surface area contributed by atoms with Gasteiger partial charge in [0.15, 0.2) is 10.2 Å². The minimum atomic E-state index is 0.120. The molecule has 88 valence electrons. The molecule has 1 aromatic heterocycles. The number of hydrogen-bond acceptors (Lipinski definition) is 6. The van der Waals surface area contributed by atoms with Crippen LogP contribution in [0.3, 0.4) is 0 Å². The summed E-state index contributed by atoms with van der Waals surface area (Å²) in [5.41, 5.74) is 7.24. The minimum Gasteiger partial charge on any atom is -0.409 e. The van der Waals surface area contributed by atoms with Crippen LogP contribution in [0.5, 0.6) is 0 Å². The Bertz CT molecular complexity index is 539. The Morgan fingerprint density at radius 2 is 2.35 bits per heavy atom. The fraction of sp³-hybridized carbons (Fsp3) is 0.100. The first kappa shape index (κ1) is 11.9. The van der Waals surface area contributed by atoms with Crippen LogP contribution in [0.25, 0.3) is 0 Å².